The minimum absolute atomic E-state index is 0.0287. The topological polar surface area (TPSA) is 27.0 Å². The molecule has 3 aromatic rings. The van der Waals surface area contributed by atoms with Crippen LogP contribution in [0.3, 0.4) is 0 Å². The molecule has 8 heteroatoms. The number of hydrogen-bond donors (Lipinski definition) is 0. The van der Waals surface area contributed by atoms with Gasteiger partial charge in [-0.2, -0.15) is 18.4 Å². The number of alkyl halides is 3. The van der Waals surface area contributed by atoms with Crippen molar-refractivity contribution in [3.8, 4) is 6.07 Å². The van der Waals surface area contributed by atoms with Crippen LogP contribution in [-0.2, 0) is 11.6 Å². The maximum Gasteiger partial charge on any atom is 0.417 e. The lowest BCUT2D eigenvalue weighted by Crippen LogP contribution is -2.42. The Kier molecular flexibility index (Phi) is 8.20. The zero-order valence-corrected chi connectivity index (χ0v) is 20.8. The molecular weight excluding hydrogens is 507 g/mol. The highest BCUT2D eigenvalue weighted by molar-refractivity contribution is 6.31. The molecule has 37 heavy (non-hydrogen) atoms. The largest absolute Gasteiger partial charge is 0.417 e. The SMILES string of the molecule is N#CC1(c2ccc(Cl)c(C(F)(F)F)c2)CCN(CCCC(c2ccc(F)cc2)c2ccc(F)cc2)CC1. The molecule has 3 aromatic carbocycles. The van der Waals surface area contributed by atoms with Gasteiger partial charge in [0.1, 0.15) is 11.6 Å². The smallest absolute Gasteiger partial charge is 0.303 e. The Morgan fingerprint density at radius 2 is 1.43 bits per heavy atom. The van der Waals surface area contributed by atoms with Gasteiger partial charge in [0.15, 0.2) is 0 Å². The molecule has 1 saturated heterocycles. The number of likely N-dealkylation sites (tertiary alicyclic amines) is 1. The predicted molar refractivity (Wildman–Crippen MR) is 133 cm³/mol. The van der Waals surface area contributed by atoms with Crippen molar-refractivity contribution < 1.29 is 22.0 Å². The summed E-state index contributed by atoms with van der Waals surface area (Å²) >= 11 is 5.77. The second-order valence-electron chi connectivity index (χ2n) is 9.53. The normalized spacial score (nSPS) is 16.1. The van der Waals surface area contributed by atoms with E-state index in [2.05, 4.69) is 11.0 Å². The summed E-state index contributed by atoms with van der Waals surface area (Å²) in [6, 6.07) is 18.7. The van der Waals surface area contributed by atoms with E-state index in [4.69, 9.17) is 11.6 Å². The summed E-state index contributed by atoms with van der Waals surface area (Å²) in [6.07, 6.45) is -2.19. The molecule has 1 aliphatic rings. The maximum absolute atomic E-state index is 13.5. The monoisotopic (exact) mass is 532 g/mol. The summed E-state index contributed by atoms with van der Waals surface area (Å²) in [7, 11) is 0. The van der Waals surface area contributed by atoms with Crippen molar-refractivity contribution in [1.29, 1.82) is 5.26 Å². The predicted octanol–water partition coefficient (Wildman–Crippen LogP) is 8.11. The number of halogens is 6. The van der Waals surface area contributed by atoms with Crippen molar-refractivity contribution in [2.24, 2.45) is 0 Å². The third-order valence-electron chi connectivity index (χ3n) is 7.26. The highest BCUT2D eigenvalue weighted by atomic mass is 35.5. The van der Waals surface area contributed by atoms with Gasteiger partial charge in [-0.05, 0) is 98.4 Å². The highest BCUT2D eigenvalue weighted by Crippen LogP contribution is 2.41. The molecule has 0 atom stereocenters. The number of nitriles is 1. The molecule has 0 spiro atoms. The molecular formula is C29H26ClF5N2. The Labute approximate surface area is 218 Å². The summed E-state index contributed by atoms with van der Waals surface area (Å²) in [5, 5.41) is 9.57. The van der Waals surface area contributed by atoms with Gasteiger partial charge in [0, 0.05) is 5.92 Å². The molecule has 4 rings (SSSR count). The van der Waals surface area contributed by atoms with Gasteiger partial charge in [-0.1, -0.05) is 41.9 Å². The summed E-state index contributed by atoms with van der Waals surface area (Å²) in [4.78, 5) is 2.21. The van der Waals surface area contributed by atoms with Crippen LogP contribution in [-0.4, -0.2) is 24.5 Å². The first-order chi connectivity index (χ1) is 17.6. The molecule has 0 N–H and O–H groups in total. The summed E-state index contributed by atoms with van der Waals surface area (Å²) in [5.41, 5.74) is 0.318. The Morgan fingerprint density at radius 3 is 1.92 bits per heavy atom. The third-order valence-corrected chi connectivity index (χ3v) is 7.59. The van der Waals surface area contributed by atoms with E-state index in [9.17, 15) is 27.2 Å². The lowest BCUT2D eigenvalue weighted by atomic mass is 9.73. The molecule has 194 valence electrons. The molecule has 0 aliphatic carbocycles. The zero-order valence-electron chi connectivity index (χ0n) is 20.0. The van der Waals surface area contributed by atoms with E-state index in [-0.39, 0.29) is 22.6 Å². The van der Waals surface area contributed by atoms with Crippen LogP contribution < -0.4 is 0 Å². The van der Waals surface area contributed by atoms with Crippen molar-refractivity contribution in [2.45, 2.75) is 43.2 Å². The standard InChI is InChI=1S/C29H26ClF5N2/c30-27-12-7-22(18-26(27)29(33,34)35)28(19-36)13-16-37(17-14-28)15-1-2-25(20-3-8-23(31)9-4-20)21-5-10-24(32)11-6-21/h3-12,18,25H,1-2,13-17H2. The molecule has 0 aromatic heterocycles. The van der Waals surface area contributed by atoms with Gasteiger partial charge in [-0.15, -0.1) is 0 Å². The number of benzene rings is 3. The van der Waals surface area contributed by atoms with Crippen molar-refractivity contribution >= 4 is 11.6 Å². The second kappa shape index (κ2) is 11.2. The van der Waals surface area contributed by atoms with Crippen LogP contribution in [0.2, 0.25) is 5.02 Å². The van der Waals surface area contributed by atoms with Crippen LogP contribution in [0.1, 0.15) is 53.9 Å². The summed E-state index contributed by atoms with van der Waals surface area (Å²) in [6.45, 7) is 1.90. The van der Waals surface area contributed by atoms with Crippen LogP contribution >= 0.6 is 11.6 Å². The van der Waals surface area contributed by atoms with E-state index in [1.807, 2.05) is 0 Å². The van der Waals surface area contributed by atoms with Gasteiger partial charge in [0.25, 0.3) is 0 Å². The number of nitrogens with zero attached hydrogens (tertiary/aromatic N) is 2. The van der Waals surface area contributed by atoms with E-state index in [0.717, 1.165) is 36.6 Å². The van der Waals surface area contributed by atoms with Gasteiger partial charge in [0.05, 0.1) is 22.1 Å². The van der Waals surface area contributed by atoms with E-state index in [1.165, 1.54) is 36.4 Å². The fourth-order valence-electron chi connectivity index (χ4n) is 5.10. The molecule has 0 amide bonds. The first kappa shape index (κ1) is 27.1. The Balaban J connectivity index is 1.41. The molecule has 1 heterocycles. The van der Waals surface area contributed by atoms with Crippen LogP contribution in [0, 0.1) is 23.0 Å². The van der Waals surface area contributed by atoms with Crippen molar-refractivity contribution in [3.05, 3.63) is 106 Å². The van der Waals surface area contributed by atoms with Gasteiger partial charge in [0.2, 0.25) is 0 Å². The van der Waals surface area contributed by atoms with Crippen LogP contribution in [0.5, 0.6) is 0 Å². The molecule has 0 saturated carbocycles. The van der Waals surface area contributed by atoms with Crippen LogP contribution in [0.4, 0.5) is 22.0 Å². The van der Waals surface area contributed by atoms with Crippen LogP contribution in [0.25, 0.3) is 0 Å². The van der Waals surface area contributed by atoms with E-state index in [0.29, 0.717) is 31.5 Å². The Hall–Kier alpha value is -2.95. The zero-order chi connectivity index (χ0) is 26.6. The van der Waals surface area contributed by atoms with Gasteiger partial charge in [-0.3, -0.25) is 0 Å². The maximum atomic E-state index is 13.5. The fraction of sp³-hybridized carbons (Fsp3) is 0.345. The number of rotatable bonds is 7. The Bertz CT molecular complexity index is 1200. The first-order valence-corrected chi connectivity index (χ1v) is 12.5. The molecule has 2 nitrogen and oxygen atoms in total. The number of hydrogen-bond acceptors (Lipinski definition) is 2. The third kappa shape index (κ3) is 6.31. The quantitative estimate of drug-likeness (QED) is 0.287. The minimum atomic E-state index is -4.59. The fourth-order valence-corrected chi connectivity index (χ4v) is 5.32. The number of piperidine rings is 1. The molecule has 0 bridgehead atoms. The van der Waals surface area contributed by atoms with E-state index in [1.54, 1.807) is 24.3 Å². The Morgan fingerprint density at radius 1 is 0.892 bits per heavy atom. The lowest BCUT2D eigenvalue weighted by molar-refractivity contribution is -0.137. The molecule has 1 aliphatic heterocycles. The first-order valence-electron chi connectivity index (χ1n) is 12.1. The molecule has 1 fully saturated rings. The average Bonchev–Trinajstić information content (AvgIpc) is 2.88. The lowest BCUT2D eigenvalue weighted by Gasteiger charge is -2.38. The van der Waals surface area contributed by atoms with Crippen molar-refractivity contribution in [3.63, 3.8) is 0 Å². The van der Waals surface area contributed by atoms with Gasteiger partial charge < -0.3 is 4.90 Å². The van der Waals surface area contributed by atoms with Gasteiger partial charge in [-0.25, -0.2) is 8.78 Å². The molecule has 0 radical (unpaired) electrons. The minimum Gasteiger partial charge on any atom is -0.303 e. The summed E-state index contributed by atoms with van der Waals surface area (Å²) < 4.78 is 67.0. The van der Waals surface area contributed by atoms with Crippen LogP contribution in [0.15, 0.2) is 66.7 Å². The van der Waals surface area contributed by atoms with Gasteiger partial charge >= 0.3 is 6.18 Å². The van der Waals surface area contributed by atoms with Crippen molar-refractivity contribution in [2.75, 3.05) is 19.6 Å². The van der Waals surface area contributed by atoms with Crippen molar-refractivity contribution in [1.82, 2.24) is 4.90 Å². The average molecular weight is 533 g/mol. The highest BCUT2D eigenvalue weighted by Gasteiger charge is 2.40. The van der Waals surface area contributed by atoms with E-state index < -0.39 is 17.2 Å². The summed E-state index contributed by atoms with van der Waals surface area (Å²) in [5.74, 6) is -0.670. The van der Waals surface area contributed by atoms with E-state index >= 15 is 0 Å². The second-order valence-corrected chi connectivity index (χ2v) is 9.93. The molecule has 0 unspecified atom stereocenters.